The topological polar surface area (TPSA) is 60.8 Å². The number of halogens is 1. The molecule has 1 fully saturated rings. The summed E-state index contributed by atoms with van der Waals surface area (Å²) in [6, 6.07) is 2.09. The molecule has 0 aliphatic heterocycles. The average molecular weight is 362 g/mol. The molecule has 0 atom stereocenters. The maximum Gasteiger partial charge on any atom is 0.306 e. The van der Waals surface area contributed by atoms with Gasteiger partial charge in [0.15, 0.2) is 0 Å². The molecule has 20 heavy (non-hydrogen) atoms. The van der Waals surface area contributed by atoms with Crippen LogP contribution in [0.25, 0.3) is 0 Å². The zero-order chi connectivity index (χ0) is 14.8. The van der Waals surface area contributed by atoms with Crippen molar-refractivity contribution in [2.45, 2.75) is 37.8 Å². The van der Waals surface area contributed by atoms with Crippen LogP contribution in [-0.4, -0.2) is 40.3 Å². The summed E-state index contributed by atoms with van der Waals surface area (Å²) in [5.74, 6) is -1.02. The summed E-state index contributed by atoms with van der Waals surface area (Å²) in [7, 11) is 1.99. The molecule has 6 heteroatoms. The van der Waals surface area contributed by atoms with Crippen molar-refractivity contribution in [3.63, 3.8) is 0 Å². The van der Waals surface area contributed by atoms with Crippen molar-refractivity contribution in [2.75, 3.05) is 13.6 Å². The number of carboxylic acids is 1. The fourth-order valence-corrected chi connectivity index (χ4v) is 4.35. The highest BCUT2D eigenvalue weighted by Gasteiger charge is 2.36. The number of nitrogens with zero attached hydrogens (tertiary/aromatic N) is 1. The highest BCUT2D eigenvalue weighted by molar-refractivity contribution is 9.10. The minimum atomic E-state index is -0.741. The van der Waals surface area contributed by atoms with E-state index in [0.717, 1.165) is 11.0 Å². The highest BCUT2D eigenvalue weighted by atomic mass is 79.9. The normalized spacial score (nSPS) is 26.9. The van der Waals surface area contributed by atoms with Gasteiger partial charge in [-0.25, -0.2) is 0 Å². The van der Waals surface area contributed by atoms with E-state index in [1.807, 2.05) is 7.05 Å². The number of likely N-dealkylation sites (N-methyl/N-ethyl adjacent to an activating group) is 1. The van der Waals surface area contributed by atoms with Crippen LogP contribution in [0.15, 0.2) is 15.9 Å². The van der Waals surface area contributed by atoms with Crippen LogP contribution in [-0.2, 0) is 11.3 Å². The van der Waals surface area contributed by atoms with Gasteiger partial charge in [-0.2, -0.15) is 0 Å². The van der Waals surface area contributed by atoms with Gasteiger partial charge in [0.05, 0.1) is 11.5 Å². The Kier molecular flexibility index (Phi) is 5.23. The molecule has 1 aromatic heterocycles. The number of aliphatic hydroxyl groups is 1. The molecular weight excluding hydrogens is 342 g/mol. The van der Waals surface area contributed by atoms with Gasteiger partial charge in [0.2, 0.25) is 0 Å². The molecule has 0 unspecified atom stereocenters. The smallest absolute Gasteiger partial charge is 0.306 e. The zero-order valence-electron chi connectivity index (χ0n) is 11.5. The van der Waals surface area contributed by atoms with Gasteiger partial charge in [-0.05, 0) is 54.7 Å². The minimum absolute atomic E-state index is 0.283. The average Bonchev–Trinajstić information content (AvgIpc) is 2.74. The molecule has 0 aromatic carbocycles. The fourth-order valence-electron chi connectivity index (χ4n) is 2.82. The lowest BCUT2D eigenvalue weighted by atomic mass is 9.78. The molecule has 4 nitrogen and oxygen atoms in total. The first-order chi connectivity index (χ1) is 9.38. The first kappa shape index (κ1) is 15.9. The standard InChI is InChI=1S/C14H20BrNO3S/c1-16(7-12-6-11(15)8-20-12)9-14(19)4-2-10(3-5-14)13(17)18/h6,8,10,19H,2-5,7,9H2,1H3,(H,17,18). The van der Waals surface area contributed by atoms with Gasteiger partial charge < -0.3 is 10.2 Å². The fraction of sp³-hybridized carbons (Fsp3) is 0.643. The molecule has 0 radical (unpaired) electrons. The maximum atomic E-state index is 10.9. The molecule has 1 saturated carbocycles. The van der Waals surface area contributed by atoms with Crippen LogP contribution in [0.3, 0.4) is 0 Å². The molecule has 112 valence electrons. The number of hydrogen-bond donors (Lipinski definition) is 2. The number of hydrogen-bond acceptors (Lipinski definition) is 4. The predicted molar refractivity (Wildman–Crippen MR) is 82.9 cm³/mol. The third-order valence-corrected chi connectivity index (χ3v) is 5.56. The van der Waals surface area contributed by atoms with Crippen molar-refractivity contribution in [3.8, 4) is 0 Å². The van der Waals surface area contributed by atoms with Gasteiger partial charge in [0.1, 0.15) is 0 Å². The van der Waals surface area contributed by atoms with E-state index in [2.05, 4.69) is 32.3 Å². The second kappa shape index (κ2) is 6.56. The molecule has 0 bridgehead atoms. The molecule has 0 saturated heterocycles. The maximum absolute atomic E-state index is 10.9. The highest BCUT2D eigenvalue weighted by Crippen LogP contribution is 2.33. The van der Waals surface area contributed by atoms with Crippen LogP contribution >= 0.6 is 27.3 Å². The van der Waals surface area contributed by atoms with Crippen LogP contribution in [0.4, 0.5) is 0 Å². The Morgan fingerprint density at radius 3 is 2.70 bits per heavy atom. The Bertz CT molecular complexity index is 469. The van der Waals surface area contributed by atoms with Crippen LogP contribution in [0.5, 0.6) is 0 Å². The molecule has 1 aliphatic carbocycles. The van der Waals surface area contributed by atoms with Crippen LogP contribution < -0.4 is 0 Å². The predicted octanol–water partition coefficient (Wildman–Crippen LogP) is 2.95. The summed E-state index contributed by atoms with van der Waals surface area (Å²) in [5, 5.41) is 21.6. The first-order valence-electron chi connectivity index (χ1n) is 6.75. The van der Waals surface area contributed by atoms with Crippen LogP contribution in [0.1, 0.15) is 30.6 Å². The second-order valence-corrected chi connectivity index (χ2v) is 7.65. The Morgan fingerprint density at radius 2 is 2.20 bits per heavy atom. The van der Waals surface area contributed by atoms with E-state index in [1.165, 1.54) is 4.88 Å². The number of carboxylic acid groups (broad SMARTS) is 1. The molecule has 1 aliphatic rings. The van der Waals surface area contributed by atoms with E-state index in [0.29, 0.717) is 32.2 Å². The lowest BCUT2D eigenvalue weighted by Gasteiger charge is -2.37. The number of aliphatic carboxylic acids is 1. The molecule has 1 heterocycles. The third-order valence-electron chi connectivity index (χ3n) is 3.88. The molecule has 0 amide bonds. The summed E-state index contributed by atoms with van der Waals surface area (Å²) in [6.07, 6.45) is 2.29. The molecule has 2 N–H and O–H groups in total. The van der Waals surface area contributed by atoms with Crippen molar-refractivity contribution in [1.29, 1.82) is 0 Å². The van der Waals surface area contributed by atoms with Gasteiger partial charge in [-0.1, -0.05) is 0 Å². The van der Waals surface area contributed by atoms with Crippen molar-refractivity contribution in [3.05, 3.63) is 20.8 Å². The lowest BCUT2D eigenvalue weighted by Crippen LogP contribution is -2.44. The minimum Gasteiger partial charge on any atom is -0.481 e. The second-order valence-electron chi connectivity index (χ2n) is 5.74. The Morgan fingerprint density at radius 1 is 1.55 bits per heavy atom. The van der Waals surface area contributed by atoms with Crippen molar-refractivity contribution >= 4 is 33.2 Å². The number of thiophene rings is 1. The quantitative estimate of drug-likeness (QED) is 0.846. The van der Waals surface area contributed by atoms with Crippen LogP contribution in [0.2, 0.25) is 0 Å². The Labute approximate surface area is 131 Å². The van der Waals surface area contributed by atoms with Crippen LogP contribution in [0, 0.1) is 5.92 Å². The lowest BCUT2D eigenvalue weighted by molar-refractivity contribution is -0.145. The molecular formula is C14H20BrNO3S. The largest absolute Gasteiger partial charge is 0.481 e. The molecule has 1 aromatic rings. The van der Waals surface area contributed by atoms with Gasteiger partial charge in [-0.3, -0.25) is 9.69 Å². The van der Waals surface area contributed by atoms with Crippen molar-refractivity contribution in [1.82, 2.24) is 4.90 Å². The van der Waals surface area contributed by atoms with Gasteiger partial charge in [-0.15, -0.1) is 11.3 Å². The Hall–Kier alpha value is -0.430. The van der Waals surface area contributed by atoms with E-state index >= 15 is 0 Å². The zero-order valence-corrected chi connectivity index (χ0v) is 13.9. The molecule has 2 rings (SSSR count). The Balaban J connectivity index is 1.84. The van der Waals surface area contributed by atoms with Crippen molar-refractivity contribution < 1.29 is 15.0 Å². The van der Waals surface area contributed by atoms with E-state index in [9.17, 15) is 9.90 Å². The summed E-state index contributed by atoms with van der Waals surface area (Å²) in [5.41, 5.74) is -0.741. The molecule has 0 spiro atoms. The van der Waals surface area contributed by atoms with Gasteiger partial charge >= 0.3 is 5.97 Å². The van der Waals surface area contributed by atoms with E-state index in [1.54, 1.807) is 11.3 Å². The summed E-state index contributed by atoms with van der Waals surface area (Å²) < 4.78 is 1.09. The SMILES string of the molecule is CN(Cc1cc(Br)cs1)CC1(O)CCC(C(=O)O)CC1. The number of rotatable bonds is 5. The summed E-state index contributed by atoms with van der Waals surface area (Å²) in [6.45, 7) is 1.40. The van der Waals surface area contributed by atoms with Crippen molar-refractivity contribution in [2.24, 2.45) is 5.92 Å². The third kappa shape index (κ3) is 4.28. The van der Waals surface area contributed by atoms with E-state index in [4.69, 9.17) is 5.11 Å². The first-order valence-corrected chi connectivity index (χ1v) is 8.42. The van der Waals surface area contributed by atoms with Gasteiger partial charge in [0.25, 0.3) is 0 Å². The van der Waals surface area contributed by atoms with E-state index < -0.39 is 11.6 Å². The summed E-state index contributed by atoms with van der Waals surface area (Å²) in [4.78, 5) is 14.3. The number of carbonyl (C=O) groups is 1. The van der Waals surface area contributed by atoms with E-state index in [-0.39, 0.29) is 5.92 Å². The van der Waals surface area contributed by atoms with Gasteiger partial charge in [0, 0.05) is 27.8 Å². The summed E-state index contributed by atoms with van der Waals surface area (Å²) >= 11 is 5.13. The monoisotopic (exact) mass is 361 g/mol.